The van der Waals surface area contributed by atoms with Gasteiger partial charge >= 0.3 is 0 Å². The first-order valence-electron chi connectivity index (χ1n) is 13.9. The summed E-state index contributed by atoms with van der Waals surface area (Å²) in [5.41, 5.74) is 6.39. The average Bonchev–Trinajstić information content (AvgIpc) is 3.70. The maximum absolute atomic E-state index is 13.0. The summed E-state index contributed by atoms with van der Waals surface area (Å²) in [7, 11) is -3.66. The topological polar surface area (TPSA) is 85.4 Å². The predicted octanol–water partition coefficient (Wildman–Crippen LogP) is 4.90. The first-order chi connectivity index (χ1) is 19.4. The molecular weight excluding hydrogens is 520 g/mol. The van der Waals surface area contributed by atoms with E-state index in [1.165, 1.54) is 44.5 Å². The molecule has 5 aromatic rings. The molecule has 0 aliphatic carbocycles. The summed E-state index contributed by atoms with van der Waals surface area (Å²) in [4.78, 5) is 7.29. The minimum absolute atomic E-state index is 0.120. The van der Waals surface area contributed by atoms with Crippen molar-refractivity contribution in [2.75, 3.05) is 19.6 Å². The summed E-state index contributed by atoms with van der Waals surface area (Å²) in [5.74, 6) is 0.596. The average molecular weight is 555 g/mol. The summed E-state index contributed by atoms with van der Waals surface area (Å²) in [6, 6.07) is 22.0. The molecule has 2 aromatic carbocycles. The zero-order valence-corrected chi connectivity index (χ0v) is 23.6. The highest BCUT2D eigenvalue weighted by Gasteiger charge is 2.18. The van der Waals surface area contributed by atoms with Crippen LogP contribution in [-0.4, -0.2) is 56.7 Å². The Morgan fingerprint density at radius 2 is 1.68 bits per heavy atom. The molecule has 8 nitrogen and oxygen atoms in total. The number of aryl methyl sites for hydroxylation is 2. The Bertz CT molecular complexity index is 1720. The van der Waals surface area contributed by atoms with Crippen molar-refractivity contribution in [3.05, 3.63) is 107 Å². The predicted molar refractivity (Wildman–Crippen MR) is 157 cm³/mol. The lowest BCUT2D eigenvalue weighted by Gasteiger charge is -2.13. The summed E-state index contributed by atoms with van der Waals surface area (Å²) in [5, 5.41) is 8.94. The van der Waals surface area contributed by atoms with Gasteiger partial charge in [0.25, 0.3) is 10.0 Å². The fraction of sp³-hybridized carbons (Fsp3) is 0.323. The van der Waals surface area contributed by atoms with Crippen LogP contribution in [0.4, 0.5) is 0 Å². The van der Waals surface area contributed by atoms with Crippen LogP contribution in [0.15, 0.2) is 79.1 Å². The van der Waals surface area contributed by atoms with E-state index in [4.69, 9.17) is 10.1 Å². The second kappa shape index (κ2) is 11.3. The highest BCUT2D eigenvalue weighted by molar-refractivity contribution is 7.89. The number of pyridine rings is 1. The summed E-state index contributed by atoms with van der Waals surface area (Å²) in [6.45, 7) is 5.64. The molecule has 1 aliphatic heterocycles. The smallest absolute Gasteiger partial charge is 0.257 e. The van der Waals surface area contributed by atoms with E-state index in [1.807, 2.05) is 49.4 Å². The van der Waals surface area contributed by atoms with Crippen molar-refractivity contribution in [3.63, 3.8) is 0 Å². The van der Waals surface area contributed by atoms with Crippen LogP contribution < -0.4 is 0 Å². The number of nitrogens with zero attached hydrogens (tertiary/aromatic N) is 6. The van der Waals surface area contributed by atoms with Crippen molar-refractivity contribution in [1.82, 2.24) is 28.7 Å². The minimum atomic E-state index is -3.66. The van der Waals surface area contributed by atoms with Crippen molar-refractivity contribution < 1.29 is 8.42 Å². The molecule has 6 rings (SSSR count). The normalized spacial score (nSPS) is 14.3. The fourth-order valence-corrected chi connectivity index (χ4v) is 6.63. The highest BCUT2D eigenvalue weighted by atomic mass is 32.2. The van der Waals surface area contributed by atoms with Gasteiger partial charge in [-0.1, -0.05) is 60.2 Å². The van der Waals surface area contributed by atoms with Crippen molar-refractivity contribution in [1.29, 1.82) is 0 Å². The van der Waals surface area contributed by atoms with E-state index < -0.39 is 10.0 Å². The van der Waals surface area contributed by atoms with Gasteiger partial charge in [-0.3, -0.25) is 0 Å². The van der Waals surface area contributed by atoms with Gasteiger partial charge in [-0.05, 0) is 81.1 Å². The van der Waals surface area contributed by atoms with Gasteiger partial charge in [-0.2, -0.15) is 14.3 Å². The number of aromatic nitrogens is 5. The van der Waals surface area contributed by atoms with E-state index in [0.29, 0.717) is 23.5 Å². The molecule has 4 heterocycles. The molecule has 0 radical (unpaired) electrons. The number of hydrogen-bond acceptors (Lipinski definition) is 6. The molecule has 0 unspecified atom stereocenters. The molecule has 1 aliphatic rings. The van der Waals surface area contributed by atoms with Gasteiger partial charge in [0.15, 0.2) is 11.5 Å². The SMILES string of the molecule is Cc1cccc(CS(=O)(=O)n2cc(-c3cccc4nc(Cc5ccc(CCCN6CCCC6)cc5)nn34)cn2)c1. The molecule has 206 valence electrons. The van der Waals surface area contributed by atoms with Crippen LogP contribution in [0.1, 0.15) is 47.3 Å². The lowest BCUT2D eigenvalue weighted by molar-refractivity contribution is 0.334. The maximum atomic E-state index is 13.0. The number of hydrogen-bond donors (Lipinski definition) is 0. The van der Waals surface area contributed by atoms with Gasteiger partial charge in [0.2, 0.25) is 0 Å². The van der Waals surface area contributed by atoms with Gasteiger partial charge in [0.1, 0.15) is 0 Å². The molecule has 0 bridgehead atoms. The van der Waals surface area contributed by atoms with Crippen LogP contribution in [0.25, 0.3) is 16.9 Å². The Hall–Kier alpha value is -3.82. The Morgan fingerprint density at radius 1 is 0.900 bits per heavy atom. The monoisotopic (exact) mass is 554 g/mol. The van der Waals surface area contributed by atoms with Gasteiger partial charge in [-0.25, -0.2) is 17.9 Å². The molecule has 3 aromatic heterocycles. The molecule has 0 N–H and O–H groups in total. The third-order valence-corrected chi connectivity index (χ3v) is 8.97. The molecule has 1 fully saturated rings. The number of likely N-dealkylation sites (tertiary alicyclic amines) is 1. The number of rotatable bonds is 10. The quantitative estimate of drug-likeness (QED) is 0.244. The van der Waals surface area contributed by atoms with E-state index in [1.54, 1.807) is 16.9 Å². The lowest BCUT2D eigenvalue weighted by Crippen LogP contribution is -2.20. The molecule has 9 heteroatoms. The summed E-state index contributed by atoms with van der Waals surface area (Å²) < 4.78 is 28.9. The largest absolute Gasteiger partial charge is 0.303 e. The van der Waals surface area contributed by atoms with Crippen LogP contribution >= 0.6 is 0 Å². The third-order valence-electron chi connectivity index (χ3n) is 7.50. The zero-order valence-electron chi connectivity index (χ0n) is 22.8. The number of benzene rings is 2. The molecule has 1 saturated heterocycles. The first-order valence-corrected chi connectivity index (χ1v) is 15.5. The standard InChI is InChI=1S/C31H34N6O2S/c1-24-7-4-8-27(19-24)23-40(38,39)36-22-28(21-32-36)29-10-5-11-31-33-30(34-37(29)31)20-26-14-12-25(13-15-26)9-6-18-35-16-2-3-17-35/h4-5,7-8,10-15,19,21-22H,2-3,6,9,16-18,20,23H2,1H3. The van der Waals surface area contributed by atoms with Crippen molar-refractivity contribution in [2.45, 2.75) is 44.8 Å². The Morgan fingerprint density at radius 3 is 2.48 bits per heavy atom. The molecule has 0 saturated carbocycles. The van der Waals surface area contributed by atoms with Crippen LogP contribution in [0.3, 0.4) is 0 Å². The Kier molecular flexibility index (Phi) is 7.49. The Balaban J connectivity index is 1.15. The van der Waals surface area contributed by atoms with Crippen LogP contribution in [0.5, 0.6) is 0 Å². The number of fused-ring (bicyclic) bond motifs is 1. The van der Waals surface area contributed by atoms with Crippen LogP contribution in [0, 0.1) is 6.92 Å². The highest BCUT2D eigenvalue weighted by Crippen LogP contribution is 2.22. The van der Waals surface area contributed by atoms with Crippen molar-refractivity contribution in [3.8, 4) is 11.3 Å². The molecular formula is C31H34N6O2S. The van der Waals surface area contributed by atoms with Crippen molar-refractivity contribution >= 4 is 15.7 Å². The minimum Gasteiger partial charge on any atom is -0.303 e. The van der Waals surface area contributed by atoms with Gasteiger partial charge in [0.05, 0.1) is 23.8 Å². The lowest BCUT2D eigenvalue weighted by atomic mass is 10.1. The van der Waals surface area contributed by atoms with Gasteiger partial charge in [-0.15, -0.1) is 0 Å². The summed E-state index contributed by atoms with van der Waals surface area (Å²) >= 11 is 0. The zero-order chi connectivity index (χ0) is 27.5. The first kappa shape index (κ1) is 26.4. The third kappa shape index (κ3) is 6.00. The van der Waals surface area contributed by atoms with E-state index >= 15 is 0 Å². The van der Waals surface area contributed by atoms with Crippen LogP contribution in [-0.2, 0) is 28.6 Å². The molecule has 0 atom stereocenters. The molecule has 40 heavy (non-hydrogen) atoms. The van der Waals surface area contributed by atoms with Gasteiger partial charge < -0.3 is 4.90 Å². The summed E-state index contributed by atoms with van der Waals surface area (Å²) in [6.07, 6.45) is 8.71. The second-order valence-corrected chi connectivity index (χ2v) is 12.5. The maximum Gasteiger partial charge on any atom is 0.257 e. The van der Waals surface area contributed by atoms with Crippen LogP contribution in [0.2, 0.25) is 0 Å². The van der Waals surface area contributed by atoms with Crippen molar-refractivity contribution in [2.24, 2.45) is 0 Å². The fourth-order valence-electron chi connectivity index (χ4n) is 5.43. The van der Waals surface area contributed by atoms with E-state index in [0.717, 1.165) is 32.9 Å². The van der Waals surface area contributed by atoms with Gasteiger partial charge in [0, 0.05) is 12.0 Å². The van der Waals surface area contributed by atoms with E-state index in [2.05, 4.69) is 34.3 Å². The van der Waals surface area contributed by atoms with E-state index in [-0.39, 0.29) is 5.75 Å². The second-order valence-electron chi connectivity index (χ2n) is 10.7. The Labute approximate surface area is 235 Å². The molecule has 0 spiro atoms. The van der Waals surface area contributed by atoms with E-state index in [9.17, 15) is 8.42 Å². The molecule has 0 amide bonds.